The molecule has 3 heteroatoms. The maximum atomic E-state index is 11.5. The second kappa shape index (κ2) is 8.57. The summed E-state index contributed by atoms with van der Waals surface area (Å²) in [6.45, 7) is 4.18. The van der Waals surface area contributed by atoms with E-state index in [4.69, 9.17) is 4.74 Å². The van der Waals surface area contributed by atoms with Crippen molar-refractivity contribution < 1.29 is 9.53 Å². The fraction of sp³-hybridized carbons (Fsp3) is 0.562. The number of carbonyl (C=O) groups excluding carboxylic acids is 1. The van der Waals surface area contributed by atoms with Gasteiger partial charge in [-0.25, -0.2) is 4.79 Å². The largest absolute Gasteiger partial charge is 0.467 e. The number of anilines is 1. The van der Waals surface area contributed by atoms with Crippen LogP contribution in [0.25, 0.3) is 0 Å². The van der Waals surface area contributed by atoms with Gasteiger partial charge in [-0.15, -0.1) is 0 Å². The molecule has 0 bridgehead atoms. The first kappa shape index (κ1) is 15.5. The topological polar surface area (TPSA) is 38.3 Å². The zero-order chi connectivity index (χ0) is 14.1. The van der Waals surface area contributed by atoms with Crippen molar-refractivity contribution in [3.05, 3.63) is 29.8 Å². The number of unbranched alkanes of at least 4 members (excludes halogenated alkanes) is 2. The molecule has 1 N–H and O–H groups in total. The molecule has 3 nitrogen and oxygen atoms in total. The van der Waals surface area contributed by atoms with Crippen LogP contribution in [-0.4, -0.2) is 19.1 Å². The minimum atomic E-state index is -0.268. The van der Waals surface area contributed by atoms with Crippen LogP contribution in [0.3, 0.4) is 0 Å². The Morgan fingerprint density at radius 1 is 1.21 bits per heavy atom. The van der Waals surface area contributed by atoms with Crippen LogP contribution in [0.2, 0.25) is 0 Å². The van der Waals surface area contributed by atoms with Gasteiger partial charge < -0.3 is 10.1 Å². The average Bonchev–Trinajstić information content (AvgIpc) is 2.45. The fourth-order valence-electron chi connectivity index (χ4n) is 2.02. The molecule has 1 rings (SSSR count). The van der Waals surface area contributed by atoms with Crippen LogP contribution in [0.15, 0.2) is 24.3 Å². The molecule has 0 saturated carbocycles. The van der Waals surface area contributed by atoms with Crippen molar-refractivity contribution in [1.82, 2.24) is 0 Å². The first-order chi connectivity index (χ1) is 9.21. The van der Waals surface area contributed by atoms with Gasteiger partial charge in [0.25, 0.3) is 0 Å². The van der Waals surface area contributed by atoms with E-state index in [0.717, 1.165) is 12.1 Å². The number of nitrogens with one attached hydrogen (secondary N) is 1. The lowest BCUT2D eigenvalue weighted by Gasteiger charge is -2.16. The third-order valence-electron chi connectivity index (χ3n) is 3.26. The van der Waals surface area contributed by atoms with E-state index >= 15 is 0 Å². The van der Waals surface area contributed by atoms with Gasteiger partial charge in [-0.2, -0.15) is 0 Å². The molecule has 19 heavy (non-hydrogen) atoms. The molecule has 0 saturated heterocycles. The van der Waals surface area contributed by atoms with Crippen molar-refractivity contribution in [2.75, 3.05) is 12.4 Å². The summed E-state index contributed by atoms with van der Waals surface area (Å²) >= 11 is 0. The Balaban J connectivity index is 2.53. The highest BCUT2D eigenvalue weighted by Gasteiger charge is 2.15. The summed E-state index contributed by atoms with van der Waals surface area (Å²) in [5, 5.41) is 3.20. The van der Waals surface area contributed by atoms with E-state index in [9.17, 15) is 4.79 Å². The van der Waals surface area contributed by atoms with Crippen LogP contribution in [0.1, 0.15) is 45.1 Å². The number of ether oxygens (including phenoxy) is 1. The van der Waals surface area contributed by atoms with Gasteiger partial charge in [-0.3, -0.25) is 0 Å². The lowest BCUT2D eigenvalue weighted by atomic mass is 10.1. The molecule has 1 unspecified atom stereocenters. The third kappa shape index (κ3) is 5.33. The van der Waals surface area contributed by atoms with Gasteiger partial charge in [0.2, 0.25) is 0 Å². The summed E-state index contributed by atoms with van der Waals surface area (Å²) in [7, 11) is 1.42. The highest BCUT2D eigenvalue weighted by molar-refractivity contribution is 5.79. The lowest BCUT2D eigenvalue weighted by Crippen LogP contribution is -2.29. The summed E-state index contributed by atoms with van der Waals surface area (Å²) in [4.78, 5) is 11.5. The van der Waals surface area contributed by atoms with E-state index in [2.05, 4.69) is 24.4 Å². The highest BCUT2D eigenvalue weighted by Crippen LogP contribution is 2.14. The Morgan fingerprint density at radius 2 is 1.89 bits per heavy atom. The number of methoxy groups -OCH3 is 1. The zero-order valence-electron chi connectivity index (χ0n) is 12.2. The number of hydrogen-bond donors (Lipinski definition) is 1. The number of hydrogen-bond acceptors (Lipinski definition) is 3. The molecule has 0 aliphatic carbocycles. The standard InChI is InChI=1S/C16H25NO2/c1-4-6-7-8-13-9-11-14(12-10-13)17-15(5-2)16(18)19-3/h9-12,15,17H,4-8H2,1-3H3. The maximum absolute atomic E-state index is 11.5. The molecule has 1 aromatic carbocycles. The quantitative estimate of drug-likeness (QED) is 0.573. The molecular weight excluding hydrogens is 238 g/mol. The zero-order valence-corrected chi connectivity index (χ0v) is 12.2. The highest BCUT2D eigenvalue weighted by atomic mass is 16.5. The minimum Gasteiger partial charge on any atom is -0.467 e. The van der Waals surface area contributed by atoms with Crippen LogP contribution >= 0.6 is 0 Å². The van der Waals surface area contributed by atoms with Gasteiger partial charge in [0, 0.05) is 5.69 Å². The Labute approximate surface area is 116 Å². The molecular formula is C16H25NO2. The van der Waals surface area contributed by atoms with Crippen molar-refractivity contribution in [2.45, 2.75) is 52.0 Å². The van der Waals surface area contributed by atoms with Gasteiger partial charge >= 0.3 is 5.97 Å². The van der Waals surface area contributed by atoms with Crippen LogP contribution in [0.5, 0.6) is 0 Å². The summed E-state index contributed by atoms with van der Waals surface area (Å²) in [5.74, 6) is -0.213. The predicted molar refractivity (Wildman–Crippen MR) is 79.4 cm³/mol. The lowest BCUT2D eigenvalue weighted by molar-refractivity contribution is -0.141. The van der Waals surface area contributed by atoms with Gasteiger partial charge in [0.15, 0.2) is 0 Å². The Morgan fingerprint density at radius 3 is 2.42 bits per heavy atom. The number of esters is 1. The monoisotopic (exact) mass is 263 g/mol. The van der Waals surface area contributed by atoms with E-state index in [1.807, 2.05) is 19.1 Å². The normalized spacial score (nSPS) is 11.9. The molecule has 0 fully saturated rings. The molecule has 0 spiro atoms. The first-order valence-corrected chi connectivity index (χ1v) is 7.14. The fourth-order valence-corrected chi connectivity index (χ4v) is 2.02. The second-order valence-corrected chi connectivity index (χ2v) is 4.78. The van der Waals surface area contributed by atoms with Crippen LogP contribution in [0.4, 0.5) is 5.69 Å². The van der Waals surface area contributed by atoms with Crippen LogP contribution < -0.4 is 5.32 Å². The summed E-state index contributed by atoms with van der Waals surface area (Å²) in [5.41, 5.74) is 2.32. The smallest absolute Gasteiger partial charge is 0.328 e. The molecule has 1 aromatic rings. The molecule has 0 aromatic heterocycles. The number of rotatable bonds is 8. The molecule has 0 aliphatic rings. The SMILES string of the molecule is CCCCCc1ccc(NC(CC)C(=O)OC)cc1. The van der Waals surface area contributed by atoms with Crippen LogP contribution in [0, 0.1) is 0 Å². The predicted octanol–water partition coefficient (Wildman–Crippen LogP) is 3.78. The van der Waals surface area contributed by atoms with E-state index in [-0.39, 0.29) is 12.0 Å². The molecule has 0 amide bonds. The van der Waals surface area contributed by atoms with Crippen molar-refractivity contribution in [2.24, 2.45) is 0 Å². The van der Waals surface area contributed by atoms with E-state index in [1.165, 1.54) is 31.9 Å². The van der Waals surface area contributed by atoms with Crippen molar-refractivity contribution in [3.8, 4) is 0 Å². The minimum absolute atomic E-state index is 0.213. The maximum Gasteiger partial charge on any atom is 0.328 e. The molecule has 0 radical (unpaired) electrons. The summed E-state index contributed by atoms with van der Waals surface area (Å²) in [6, 6.07) is 8.06. The molecule has 0 heterocycles. The van der Waals surface area contributed by atoms with Gasteiger partial charge in [0.05, 0.1) is 7.11 Å². The first-order valence-electron chi connectivity index (χ1n) is 7.14. The Hall–Kier alpha value is -1.51. The summed E-state index contributed by atoms with van der Waals surface area (Å²) in [6.07, 6.45) is 5.60. The molecule has 106 valence electrons. The second-order valence-electron chi connectivity index (χ2n) is 4.78. The average molecular weight is 263 g/mol. The third-order valence-corrected chi connectivity index (χ3v) is 3.26. The Bertz CT molecular complexity index is 373. The number of benzene rings is 1. The molecule has 1 atom stereocenters. The van der Waals surface area contributed by atoms with Gasteiger partial charge in [0.1, 0.15) is 6.04 Å². The number of carbonyl (C=O) groups is 1. The van der Waals surface area contributed by atoms with E-state index in [1.54, 1.807) is 0 Å². The Kier molecular flexibility index (Phi) is 7.01. The van der Waals surface area contributed by atoms with Gasteiger partial charge in [-0.05, 0) is 37.0 Å². The van der Waals surface area contributed by atoms with Crippen molar-refractivity contribution >= 4 is 11.7 Å². The molecule has 0 aliphatic heterocycles. The van der Waals surface area contributed by atoms with E-state index < -0.39 is 0 Å². The van der Waals surface area contributed by atoms with Crippen LogP contribution in [-0.2, 0) is 16.0 Å². The van der Waals surface area contributed by atoms with Gasteiger partial charge in [-0.1, -0.05) is 38.8 Å². The number of aryl methyl sites for hydroxylation is 1. The van der Waals surface area contributed by atoms with Crippen molar-refractivity contribution in [3.63, 3.8) is 0 Å². The summed E-state index contributed by atoms with van der Waals surface area (Å²) < 4.78 is 4.76. The van der Waals surface area contributed by atoms with Crippen molar-refractivity contribution in [1.29, 1.82) is 0 Å². The van der Waals surface area contributed by atoms with E-state index in [0.29, 0.717) is 6.42 Å².